The molecular weight excluding hydrogens is 304 g/mol. The molecular formula is C15H16N2O2S2. The highest BCUT2D eigenvalue weighted by Crippen LogP contribution is 2.17. The van der Waals surface area contributed by atoms with Crippen molar-refractivity contribution >= 4 is 27.2 Å². The van der Waals surface area contributed by atoms with Crippen LogP contribution in [0.4, 0.5) is 0 Å². The summed E-state index contributed by atoms with van der Waals surface area (Å²) in [5.41, 5.74) is 6.96. The summed E-state index contributed by atoms with van der Waals surface area (Å²) in [4.78, 5) is 0.318. The predicted molar refractivity (Wildman–Crippen MR) is 87.5 cm³/mol. The molecule has 0 saturated heterocycles. The lowest BCUT2D eigenvalue weighted by molar-refractivity contribution is 0.567. The fourth-order valence-corrected chi connectivity index (χ4v) is 3.33. The molecule has 1 atom stereocenters. The van der Waals surface area contributed by atoms with E-state index in [4.69, 9.17) is 18.0 Å². The number of rotatable bonds is 5. The van der Waals surface area contributed by atoms with Crippen LogP contribution in [0, 0.1) is 0 Å². The summed E-state index contributed by atoms with van der Waals surface area (Å²) in [6.07, 6.45) is 0. The lowest BCUT2D eigenvalue weighted by Crippen LogP contribution is -2.27. The third kappa shape index (κ3) is 3.87. The minimum atomic E-state index is -3.63. The molecule has 0 aromatic heterocycles. The summed E-state index contributed by atoms with van der Waals surface area (Å²) < 4.78 is 27.4. The number of benzene rings is 2. The lowest BCUT2D eigenvalue weighted by Gasteiger charge is -2.15. The van der Waals surface area contributed by atoms with Crippen LogP contribution in [0.3, 0.4) is 0 Å². The van der Waals surface area contributed by atoms with Crippen molar-refractivity contribution in [3.8, 4) is 0 Å². The molecule has 2 rings (SSSR count). The van der Waals surface area contributed by atoms with E-state index in [2.05, 4.69) is 4.72 Å². The van der Waals surface area contributed by atoms with Gasteiger partial charge in [-0.3, -0.25) is 0 Å². The Kier molecular flexibility index (Phi) is 4.72. The van der Waals surface area contributed by atoms with Crippen LogP contribution < -0.4 is 10.5 Å². The first-order chi connectivity index (χ1) is 9.90. The number of hydrogen-bond donors (Lipinski definition) is 2. The van der Waals surface area contributed by atoms with Gasteiger partial charge < -0.3 is 5.73 Å². The third-order valence-corrected chi connectivity index (χ3v) is 4.83. The average molecular weight is 320 g/mol. The highest BCUT2D eigenvalue weighted by molar-refractivity contribution is 7.89. The molecule has 21 heavy (non-hydrogen) atoms. The second-order valence-corrected chi connectivity index (χ2v) is 6.80. The Morgan fingerprint density at radius 3 is 2.43 bits per heavy atom. The zero-order chi connectivity index (χ0) is 15.5. The van der Waals surface area contributed by atoms with Gasteiger partial charge in [-0.25, -0.2) is 13.1 Å². The van der Waals surface area contributed by atoms with Gasteiger partial charge in [-0.2, -0.15) is 0 Å². The van der Waals surface area contributed by atoms with Crippen molar-refractivity contribution in [1.82, 2.24) is 4.72 Å². The van der Waals surface area contributed by atoms with Crippen LogP contribution in [0.15, 0.2) is 59.5 Å². The van der Waals surface area contributed by atoms with E-state index in [0.29, 0.717) is 5.56 Å². The Bertz CT molecular complexity index is 743. The first-order valence-corrected chi connectivity index (χ1v) is 8.26. The van der Waals surface area contributed by atoms with Crippen molar-refractivity contribution in [2.24, 2.45) is 5.73 Å². The molecule has 0 radical (unpaired) electrons. The molecule has 110 valence electrons. The van der Waals surface area contributed by atoms with Crippen molar-refractivity contribution < 1.29 is 8.42 Å². The van der Waals surface area contributed by atoms with Gasteiger partial charge in [0.25, 0.3) is 0 Å². The van der Waals surface area contributed by atoms with Gasteiger partial charge >= 0.3 is 0 Å². The number of hydrogen-bond acceptors (Lipinski definition) is 3. The standard InChI is InChI=1S/C15H16N2O2S2/c1-11(12-6-3-2-4-7-12)17-21(18,19)14-9-5-8-13(10-14)15(16)20/h2-11,17H,1H3,(H2,16,20). The fraction of sp³-hybridized carbons (Fsp3) is 0.133. The summed E-state index contributed by atoms with van der Waals surface area (Å²) in [5.74, 6) is 0. The molecule has 4 nitrogen and oxygen atoms in total. The molecule has 0 aliphatic heterocycles. The molecule has 0 saturated carbocycles. The van der Waals surface area contributed by atoms with Gasteiger partial charge in [-0.15, -0.1) is 0 Å². The van der Waals surface area contributed by atoms with E-state index < -0.39 is 10.0 Å². The van der Waals surface area contributed by atoms with E-state index in [0.717, 1.165) is 5.56 Å². The molecule has 1 unspecified atom stereocenters. The quantitative estimate of drug-likeness (QED) is 0.830. The zero-order valence-electron chi connectivity index (χ0n) is 11.5. The molecule has 2 aromatic rings. The van der Waals surface area contributed by atoms with Crippen molar-refractivity contribution in [3.05, 3.63) is 65.7 Å². The molecule has 6 heteroatoms. The normalized spacial score (nSPS) is 12.8. The van der Waals surface area contributed by atoms with Gasteiger partial charge in [0.05, 0.1) is 4.90 Å². The highest BCUT2D eigenvalue weighted by atomic mass is 32.2. The Labute approximate surface area is 130 Å². The smallest absolute Gasteiger partial charge is 0.241 e. The minimum absolute atomic E-state index is 0.149. The summed E-state index contributed by atoms with van der Waals surface area (Å²) in [7, 11) is -3.63. The van der Waals surface area contributed by atoms with Crippen LogP contribution >= 0.6 is 12.2 Å². The maximum Gasteiger partial charge on any atom is 0.241 e. The van der Waals surface area contributed by atoms with E-state index >= 15 is 0 Å². The van der Waals surface area contributed by atoms with E-state index in [1.165, 1.54) is 12.1 Å². The number of sulfonamides is 1. The average Bonchev–Trinajstić information content (AvgIpc) is 2.48. The van der Waals surface area contributed by atoms with Crippen LogP contribution in [0.2, 0.25) is 0 Å². The summed E-state index contributed by atoms with van der Waals surface area (Å²) in [6.45, 7) is 1.80. The molecule has 0 aliphatic rings. The Hall–Kier alpha value is -1.76. The molecule has 0 heterocycles. The Balaban J connectivity index is 2.26. The lowest BCUT2D eigenvalue weighted by atomic mass is 10.1. The van der Waals surface area contributed by atoms with E-state index in [1.807, 2.05) is 30.3 Å². The van der Waals surface area contributed by atoms with Crippen molar-refractivity contribution in [3.63, 3.8) is 0 Å². The first kappa shape index (κ1) is 15.6. The molecule has 0 spiro atoms. The van der Waals surface area contributed by atoms with E-state index in [9.17, 15) is 8.42 Å². The van der Waals surface area contributed by atoms with Crippen LogP contribution in [0.1, 0.15) is 24.1 Å². The van der Waals surface area contributed by atoms with E-state index in [1.54, 1.807) is 19.1 Å². The van der Waals surface area contributed by atoms with Gasteiger partial charge in [0.1, 0.15) is 4.99 Å². The summed E-state index contributed by atoms with van der Waals surface area (Å²) >= 11 is 4.87. The van der Waals surface area contributed by atoms with Crippen molar-refractivity contribution in [1.29, 1.82) is 0 Å². The molecule has 0 bridgehead atoms. The number of thiocarbonyl (C=S) groups is 1. The fourth-order valence-electron chi connectivity index (χ4n) is 1.93. The topological polar surface area (TPSA) is 72.2 Å². The zero-order valence-corrected chi connectivity index (χ0v) is 13.1. The number of nitrogens with two attached hydrogens (primary N) is 1. The van der Waals surface area contributed by atoms with E-state index in [-0.39, 0.29) is 15.9 Å². The molecule has 0 fully saturated rings. The van der Waals surface area contributed by atoms with Crippen LogP contribution in [-0.2, 0) is 10.0 Å². The molecule has 2 aromatic carbocycles. The van der Waals surface area contributed by atoms with Gasteiger partial charge in [-0.05, 0) is 24.6 Å². The maximum absolute atomic E-state index is 12.4. The minimum Gasteiger partial charge on any atom is -0.389 e. The monoisotopic (exact) mass is 320 g/mol. The van der Waals surface area contributed by atoms with Gasteiger partial charge in [0.15, 0.2) is 0 Å². The third-order valence-electron chi connectivity index (χ3n) is 3.06. The molecule has 0 aliphatic carbocycles. The summed E-state index contributed by atoms with van der Waals surface area (Å²) in [6, 6.07) is 15.3. The Morgan fingerprint density at radius 1 is 1.14 bits per heavy atom. The largest absolute Gasteiger partial charge is 0.389 e. The highest BCUT2D eigenvalue weighted by Gasteiger charge is 2.18. The van der Waals surface area contributed by atoms with Gasteiger partial charge in [0, 0.05) is 11.6 Å². The number of nitrogens with one attached hydrogen (secondary N) is 1. The molecule has 3 N–H and O–H groups in total. The van der Waals surface area contributed by atoms with Crippen LogP contribution in [0.25, 0.3) is 0 Å². The Morgan fingerprint density at radius 2 is 1.81 bits per heavy atom. The maximum atomic E-state index is 12.4. The van der Waals surface area contributed by atoms with Gasteiger partial charge in [-0.1, -0.05) is 54.7 Å². The second-order valence-electron chi connectivity index (χ2n) is 4.65. The molecule has 0 amide bonds. The SMILES string of the molecule is CC(NS(=O)(=O)c1cccc(C(N)=S)c1)c1ccccc1. The van der Waals surface area contributed by atoms with Crippen molar-refractivity contribution in [2.45, 2.75) is 17.9 Å². The van der Waals surface area contributed by atoms with Gasteiger partial charge in [0.2, 0.25) is 10.0 Å². The predicted octanol–water partition coefficient (Wildman–Crippen LogP) is 2.36. The first-order valence-electron chi connectivity index (χ1n) is 6.37. The second kappa shape index (κ2) is 6.34. The summed E-state index contributed by atoms with van der Waals surface area (Å²) in [5, 5.41) is 0. The van der Waals surface area contributed by atoms with Crippen LogP contribution in [-0.4, -0.2) is 13.4 Å². The van der Waals surface area contributed by atoms with Crippen LogP contribution in [0.5, 0.6) is 0 Å². The van der Waals surface area contributed by atoms with Crippen molar-refractivity contribution in [2.75, 3.05) is 0 Å².